The van der Waals surface area contributed by atoms with Gasteiger partial charge in [0.05, 0.1) is 12.2 Å². The Morgan fingerprint density at radius 3 is 2.48 bits per heavy atom. The molecular weight excluding hydrogens is 308 g/mol. The van der Waals surface area contributed by atoms with Crippen molar-refractivity contribution in [2.45, 2.75) is 26.4 Å². The van der Waals surface area contributed by atoms with Gasteiger partial charge in [0.25, 0.3) is 0 Å². The van der Waals surface area contributed by atoms with Crippen LogP contribution in [0, 0.1) is 0 Å². The van der Waals surface area contributed by atoms with E-state index in [1.165, 1.54) is 0 Å². The first-order valence-electron chi connectivity index (χ1n) is 7.66. The molecule has 0 radical (unpaired) electrons. The van der Waals surface area contributed by atoms with Crippen molar-refractivity contribution in [2.75, 3.05) is 13.2 Å². The highest BCUT2D eigenvalue weighted by Crippen LogP contribution is 2.27. The van der Waals surface area contributed by atoms with Crippen LogP contribution in [-0.2, 0) is 4.74 Å². The summed E-state index contributed by atoms with van der Waals surface area (Å²) in [7, 11) is 0. The Morgan fingerprint density at radius 2 is 1.70 bits per heavy atom. The van der Waals surface area contributed by atoms with Crippen molar-refractivity contribution < 1.29 is 9.47 Å². The lowest BCUT2D eigenvalue weighted by Gasteiger charge is -2.19. The van der Waals surface area contributed by atoms with Crippen LogP contribution in [0.1, 0.15) is 20.8 Å². The molecule has 23 heavy (non-hydrogen) atoms. The summed E-state index contributed by atoms with van der Waals surface area (Å²) in [5, 5.41) is 1.47. The van der Waals surface area contributed by atoms with E-state index in [2.05, 4.69) is 0 Å². The molecule has 0 amide bonds. The van der Waals surface area contributed by atoms with Gasteiger partial charge < -0.3 is 9.47 Å². The highest BCUT2D eigenvalue weighted by molar-refractivity contribution is 7.24. The van der Waals surface area contributed by atoms with E-state index in [-0.39, 0.29) is 11.0 Å². The second-order valence-electron chi connectivity index (χ2n) is 6.39. The number of rotatable bonds is 4. The van der Waals surface area contributed by atoms with Crippen molar-refractivity contribution in [1.82, 2.24) is 0 Å². The molecule has 0 atom stereocenters. The molecular formula is C19H20O3S. The van der Waals surface area contributed by atoms with Crippen molar-refractivity contribution in [2.24, 2.45) is 0 Å². The predicted molar refractivity (Wildman–Crippen MR) is 96.8 cm³/mol. The van der Waals surface area contributed by atoms with Gasteiger partial charge in [0, 0.05) is 20.2 Å². The molecule has 1 heterocycles. The van der Waals surface area contributed by atoms with Crippen LogP contribution in [0.25, 0.3) is 20.2 Å². The van der Waals surface area contributed by atoms with Crippen molar-refractivity contribution >= 4 is 31.5 Å². The van der Waals surface area contributed by atoms with Gasteiger partial charge in [-0.3, -0.25) is 4.79 Å². The fourth-order valence-electron chi connectivity index (χ4n) is 2.38. The van der Waals surface area contributed by atoms with E-state index in [0.29, 0.717) is 24.3 Å². The molecule has 3 rings (SSSR count). The highest BCUT2D eigenvalue weighted by atomic mass is 32.1. The predicted octanol–water partition coefficient (Wildman–Crippen LogP) is 4.61. The SMILES string of the molecule is CC(C)(C)OCCOc1ccc2sc3ccccc3c(=O)c2c1. The van der Waals surface area contributed by atoms with Crippen molar-refractivity contribution in [3.05, 3.63) is 52.7 Å². The summed E-state index contributed by atoms with van der Waals surface area (Å²) < 4.78 is 13.3. The third-order valence-electron chi connectivity index (χ3n) is 3.43. The molecule has 0 saturated carbocycles. The largest absolute Gasteiger partial charge is 0.491 e. The van der Waals surface area contributed by atoms with Crippen LogP contribution in [0.4, 0.5) is 0 Å². The summed E-state index contributed by atoms with van der Waals surface area (Å²) >= 11 is 1.63. The van der Waals surface area contributed by atoms with Crippen LogP contribution >= 0.6 is 11.3 Å². The van der Waals surface area contributed by atoms with Gasteiger partial charge in [-0.25, -0.2) is 0 Å². The topological polar surface area (TPSA) is 35.5 Å². The molecule has 0 aliphatic heterocycles. The van der Waals surface area contributed by atoms with E-state index in [9.17, 15) is 4.79 Å². The molecule has 0 bridgehead atoms. The summed E-state index contributed by atoms with van der Waals surface area (Å²) in [6.45, 7) is 7.03. The first-order chi connectivity index (χ1) is 10.9. The fourth-order valence-corrected chi connectivity index (χ4v) is 3.43. The van der Waals surface area contributed by atoms with Gasteiger partial charge in [0.2, 0.25) is 0 Å². The van der Waals surface area contributed by atoms with Crippen LogP contribution in [0.2, 0.25) is 0 Å². The van der Waals surface area contributed by atoms with Crippen LogP contribution in [0.5, 0.6) is 5.75 Å². The van der Waals surface area contributed by atoms with Gasteiger partial charge in [-0.05, 0) is 51.1 Å². The highest BCUT2D eigenvalue weighted by Gasteiger charge is 2.10. The number of hydrogen-bond acceptors (Lipinski definition) is 4. The fraction of sp³-hybridized carbons (Fsp3) is 0.316. The van der Waals surface area contributed by atoms with Crippen LogP contribution in [-0.4, -0.2) is 18.8 Å². The lowest BCUT2D eigenvalue weighted by molar-refractivity contribution is -0.0162. The van der Waals surface area contributed by atoms with Gasteiger partial charge >= 0.3 is 0 Å². The summed E-state index contributed by atoms with van der Waals surface area (Å²) in [4.78, 5) is 12.6. The minimum absolute atomic E-state index is 0.0609. The van der Waals surface area contributed by atoms with Crippen LogP contribution < -0.4 is 10.2 Å². The molecule has 0 saturated heterocycles. The number of hydrogen-bond donors (Lipinski definition) is 0. The molecule has 0 aliphatic rings. The molecule has 0 fully saturated rings. The molecule has 4 heteroatoms. The molecule has 120 valence electrons. The van der Waals surface area contributed by atoms with Crippen molar-refractivity contribution in [3.63, 3.8) is 0 Å². The second kappa shape index (κ2) is 6.30. The Hall–Kier alpha value is -1.91. The number of ether oxygens (including phenoxy) is 2. The number of benzene rings is 2. The maximum Gasteiger partial charge on any atom is 0.196 e. The van der Waals surface area contributed by atoms with Gasteiger partial charge in [-0.2, -0.15) is 0 Å². The standard InChI is InChI=1S/C19H20O3S/c1-19(2,3)22-11-10-21-13-8-9-17-15(12-13)18(20)14-6-4-5-7-16(14)23-17/h4-9,12H,10-11H2,1-3H3. The van der Waals surface area contributed by atoms with E-state index in [0.717, 1.165) is 14.8 Å². The second-order valence-corrected chi connectivity index (χ2v) is 7.48. The minimum atomic E-state index is -0.171. The average molecular weight is 328 g/mol. The molecule has 1 aromatic heterocycles. The van der Waals surface area contributed by atoms with E-state index in [1.54, 1.807) is 11.3 Å². The zero-order chi connectivity index (χ0) is 16.4. The summed E-state index contributed by atoms with van der Waals surface area (Å²) in [6.07, 6.45) is 0. The quantitative estimate of drug-likeness (QED) is 0.518. The third kappa shape index (κ3) is 3.71. The van der Waals surface area contributed by atoms with Gasteiger partial charge in [0.15, 0.2) is 5.43 Å². The lowest BCUT2D eigenvalue weighted by Crippen LogP contribution is -2.22. The van der Waals surface area contributed by atoms with Gasteiger partial charge in [-0.15, -0.1) is 11.3 Å². The molecule has 0 unspecified atom stereocenters. The monoisotopic (exact) mass is 328 g/mol. The summed E-state index contributed by atoms with van der Waals surface area (Å²) in [5.74, 6) is 0.703. The Balaban J connectivity index is 1.85. The molecule has 0 aliphatic carbocycles. The smallest absolute Gasteiger partial charge is 0.196 e. The Bertz CT molecular complexity index is 890. The average Bonchev–Trinajstić information content (AvgIpc) is 2.51. The van der Waals surface area contributed by atoms with E-state index >= 15 is 0 Å². The summed E-state index contributed by atoms with van der Waals surface area (Å²) in [6, 6.07) is 13.4. The van der Waals surface area contributed by atoms with E-state index in [1.807, 2.05) is 63.2 Å². The third-order valence-corrected chi connectivity index (χ3v) is 4.59. The maximum absolute atomic E-state index is 12.6. The van der Waals surface area contributed by atoms with E-state index in [4.69, 9.17) is 9.47 Å². The van der Waals surface area contributed by atoms with Crippen molar-refractivity contribution in [3.8, 4) is 5.75 Å². The number of fused-ring (bicyclic) bond motifs is 2. The van der Waals surface area contributed by atoms with Crippen molar-refractivity contribution in [1.29, 1.82) is 0 Å². The van der Waals surface area contributed by atoms with Gasteiger partial charge in [-0.1, -0.05) is 12.1 Å². The summed E-state index contributed by atoms with van der Waals surface area (Å²) in [5.41, 5.74) is -0.110. The Morgan fingerprint density at radius 1 is 0.957 bits per heavy atom. The first kappa shape index (κ1) is 16.0. The molecule has 0 spiro atoms. The molecule has 2 aromatic carbocycles. The zero-order valence-electron chi connectivity index (χ0n) is 13.6. The Kier molecular flexibility index (Phi) is 4.37. The normalized spacial score (nSPS) is 12.0. The zero-order valence-corrected chi connectivity index (χ0v) is 14.4. The maximum atomic E-state index is 12.6. The minimum Gasteiger partial charge on any atom is -0.491 e. The van der Waals surface area contributed by atoms with Gasteiger partial charge in [0.1, 0.15) is 12.4 Å². The molecule has 0 N–H and O–H groups in total. The Labute approximate surface area is 139 Å². The lowest BCUT2D eigenvalue weighted by atomic mass is 10.2. The van der Waals surface area contributed by atoms with Crippen LogP contribution in [0.3, 0.4) is 0 Å². The first-order valence-corrected chi connectivity index (χ1v) is 8.48. The molecule has 3 nitrogen and oxygen atoms in total. The van der Waals surface area contributed by atoms with Crippen LogP contribution in [0.15, 0.2) is 47.3 Å². The molecule has 3 aromatic rings. The van der Waals surface area contributed by atoms with E-state index < -0.39 is 0 Å².